The third-order valence-corrected chi connectivity index (χ3v) is 3.16. The Morgan fingerprint density at radius 2 is 1.89 bits per heavy atom. The van der Waals surface area contributed by atoms with E-state index < -0.39 is 6.04 Å². The van der Waals surface area contributed by atoms with Crippen LogP contribution in [-0.4, -0.2) is 24.4 Å². The highest BCUT2D eigenvalue weighted by atomic mass is 16.2. The third kappa shape index (κ3) is 2.88. The molecular weight excluding hydrogens is 228 g/mol. The van der Waals surface area contributed by atoms with Gasteiger partial charge < -0.3 is 10.6 Å². The lowest BCUT2D eigenvalue weighted by Gasteiger charge is -2.23. The summed E-state index contributed by atoms with van der Waals surface area (Å²) in [7, 11) is 0. The van der Waals surface area contributed by atoms with Gasteiger partial charge in [-0.1, -0.05) is 38.1 Å². The Morgan fingerprint density at radius 3 is 2.50 bits per heavy atom. The van der Waals surface area contributed by atoms with Gasteiger partial charge in [0.2, 0.25) is 11.8 Å². The molecule has 0 unspecified atom stereocenters. The van der Waals surface area contributed by atoms with Gasteiger partial charge in [-0.25, -0.2) is 0 Å². The molecule has 18 heavy (non-hydrogen) atoms. The van der Waals surface area contributed by atoms with Gasteiger partial charge in [0.05, 0.1) is 6.54 Å². The molecule has 1 aliphatic rings. The molecule has 0 aromatic heterocycles. The summed E-state index contributed by atoms with van der Waals surface area (Å²) in [5.41, 5.74) is 2.33. The summed E-state index contributed by atoms with van der Waals surface area (Å²) < 4.78 is 0. The molecule has 2 rings (SSSR count). The SMILES string of the molecule is CC(C)c1ccc(C[C@@H]2NC(=O)CNC2=O)cc1. The average Bonchev–Trinajstić information content (AvgIpc) is 2.34. The van der Waals surface area contributed by atoms with E-state index in [0.717, 1.165) is 5.56 Å². The summed E-state index contributed by atoms with van der Waals surface area (Å²) in [6, 6.07) is 7.73. The number of amides is 2. The van der Waals surface area contributed by atoms with Crippen LogP contribution < -0.4 is 10.6 Å². The van der Waals surface area contributed by atoms with Gasteiger partial charge in [0.1, 0.15) is 6.04 Å². The summed E-state index contributed by atoms with van der Waals surface area (Å²) >= 11 is 0. The van der Waals surface area contributed by atoms with Crippen molar-refractivity contribution in [2.75, 3.05) is 6.54 Å². The van der Waals surface area contributed by atoms with Crippen LogP contribution in [0.15, 0.2) is 24.3 Å². The van der Waals surface area contributed by atoms with Crippen LogP contribution in [-0.2, 0) is 16.0 Å². The fraction of sp³-hybridized carbons (Fsp3) is 0.429. The Kier molecular flexibility index (Phi) is 3.65. The summed E-state index contributed by atoms with van der Waals surface area (Å²) in [6.07, 6.45) is 0.538. The summed E-state index contributed by atoms with van der Waals surface area (Å²) in [5.74, 6) is 0.262. The predicted octanol–water partition coefficient (Wildman–Crippen LogP) is 0.967. The molecule has 1 fully saturated rings. The molecule has 0 saturated carbocycles. The molecule has 0 radical (unpaired) electrons. The van der Waals surface area contributed by atoms with E-state index in [4.69, 9.17) is 0 Å². The highest BCUT2D eigenvalue weighted by molar-refractivity contribution is 5.94. The summed E-state index contributed by atoms with van der Waals surface area (Å²) in [6.45, 7) is 4.37. The number of carbonyl (C=O) groups excluding carboxylic acids is 2. The number of hydrogen-bond donors (Lipinski definition) is 2. The predicted molar refractivity (Wildman–Crippen MR) is 69.2 cm³/mol. The largest absolute Gasteiger partial charge is 0.345 e. The first-order valence-electron chi connectivity index (χ1n) is 6.22. The van der Waals surface area contributed by atoms with Gasteiger partial charge in [-0.15, -0.1) is 0 Å². The van der Waals surface area contributed by atoms with E-state index in [2.05, 4.69) is 36.6 Å². The van der Waals surface area contributed by atoms with Crippen molar-refractivity contribution in [1.82, 2.24) is 10.6 Å². The quantitative estimate of drug-likeness (QED) is 0.835. The maximum absolute atomic E-state index is 11.6. The number of piperazine rings is 1. The molecule has 1 aromatic rings. The molecule has 2 N–H and O–H groups in total. The van der Waals surface area contributed by atoms with Crippen LogP contribution in [0.3, 0.4) is 0 Å². The molecule has 4 nitrogen and oxygen atoms in total. The summed E-state index contributed by atoms with van der Waals surface area (Å²) in [5, 5.41) is 5.28. The molecular formula is C14H18N2O2. The minimum Gasteiger partial charge on any atom is -0.345 e. The van der Waals surface area contributed by atoms with Crippen LogP contribution in [0.5, 0.6) is 0 Å². The van der Waals surface area contributed by atoms with Crippen molar-refractivity contribution in [3.63, 3.8) is 0 Å². The molecule has 0 spiro atoms. The molecule has 1 aliphatic heterocycles. The van der Waals surface area contributed by atoms with Crippen LogP contribution >= 0.6 is 0 Å². The van der Waals surface area contributed by atoms with Crippen LogP contribution in [0.25, 0.3) is 0 Å². The van der Waals surface area contributed by atoms with E-state index in [9.17, 15) is 9.59 Å². The lowest BCUT2D eigenvalue weighted by Crippen LogP contribution is -2.56. The lowest BCUT2D eigenvalue weighted by atomic mass is 9.98. The Balaban J connectivity index is 2.04. The number of carbonyl (C=O) groups is 2. The van der Waals surface area contributed by atoms with Gasteiger partial charge in [-0.05, 0) is 17.0 Å². The minimum atomic E-state index is -0.448. The number of nitrogens with one attached hydrogen (secondary N) is 2. The summed E-state index contributed by atoms with van der Waals surface area (Å²) in [4.78, 5) is 22.8. The van der Waals surface area contributed by atoms with Crippen molar-refractivity contribution in [3.05, 3.63) is 35.4 Å². The maximum atomic E-state index is 11.6. The number of benzene rings is 1. The van der Waals surface area contributed by atoms with E-state index in [1.807, 2.05) is 12.1 Å². The van der Waals surface area contributed by atoms with Crippen molar-refractivity contribution < 1.29 is 9.59 Å². The third-order valence-electron chi connectivity index (χ3n) is 3.16. The zero-order chi connectivity index (χ0) is 13.1. The Labute approximate surface area is 107 Å². The highest BCUT2D eigenvalue weighted by Gasteiger charge is 2.25. The monoisotopic (exact) mass is 246 g/mol. The zero-order valence-electron chi connectivity index (χ0n) is 10.7. The second kappa shape index (κ2) is 5.21. The molecule has 1 saturated heterocycles. The molecule has 2 amide bonds. The molecule has 1 heterocycles. The second-order valence-corrected chi connectivity index (χ2v) is 4.94. The Morgan fingerprint density at radius 1 is 1.22 bits per heavy atom. The van der Waals surface area contributed by atoms with Crippen molar-refractivity contribution in [2.45, 2.75) is 32.2 Å². The lowest BCUT2D eigenvalue weighted by molar-refractivity contribution is -0.133. The smallest absolute Gasteiger partial charge is 0.243 e. The van der Waals surface area contributed by atoms with Gasteiger partial charge in [0.25, 0.3) is 0 Å². The van der Waals surface area contributed by atoms with E-state index in [1.165, 1.54) is 5.56 Å². The second-order valence-electron chi connectivity index (χ2n) is 4.94. The van der Waals surface area contributed by atoms with Crippen molar-refractivity contribution >= 4 is 11.8 Å². The molecule has 96 valence electrons. The normalized spacial score (nSPS) is 19.6. The molecule has 1 atom stereocenters. The fourth-order valence-corrected chi connectivity index (χ4v) is 2.02. The first kappa shape index (κ1) is 12.6. The first-order valence-corrected chi connectivity index (χ1v) is 6.22. The Hall–Kier alpha value is -1.84. The topological polar surface area (TPSA) is 58.2 Å². The number of rotatable bonds is 3. The maximum Gasteiger partial charge on any atom is 0.243 e. The standard InChI is InChI=1S/C14H18N2O2/c1-9(2)11-5-3-10(4-6-11)7-12-14(18)15-8-13(17)16-12/h3-6,9,12H,7-8H2,1-2H3,(H,15,18)(H,16,17)/t12-/m0/s1. The van der Waals surface area contributed by atoms with Crippen molar-refractivity contribution in [2.24, 2.45) is 0 Å². The molecule has 1 aromatic carbocycles. The Bertz CT molecular complexity index is 451. The van der Waals surface area contributed by atoms with E-state index in [0.29, 0.717) is 12.3 Å². The van der Waals surface area contributed by atoms with Gasteiger partial charge in [0.15, 0.2) is 0 Å². The van der Waals surface area contributed by atoms with Gasteiger partial charge in [-0.3, -0.25) is 9.59 Å². The van der Waals surface area contributed by atoms with Gasteiger partial charge in [0, 0.05) is 6.42 Å². The highest BCUT2D eigenvalue weighted by Crippen LogP contribution is 2.15. The molecule has 0 bridgehead atoms. The van der Waals surface area contributed by atoms with Crippen molar-refractivity contribution in [1.29, 1.82) is 0 Å². The molecule has 4 heteroatoms. The van der Waals surface area contributed by atoms with Crippen LogP contribution in [0, 0.1) is 0 Å². The fourth-order valence-electron chi connectivity index (χ4n) is 2.02. The minimum absolute atomic E-state index is 0.0849. The average molecular weight is 246 g/mol. The number of hydrogen-bond acceptors (Lipinski definition) is 2. The van der Waals surface area contributed by atoms with E-state index in [-0.39, 0.29) is 18.4 Å². The van der Waals surface area contributed by atoms with Crippen molar-refractivity contribution in [3.8, 4) is 0 Å². The van der Waals surface area contributed by atoms with Gasteiger partial charge in [-0.2, -0.15) is 0 Å². The van der Waals surface area contributed by atoms with Crippen LogP contribution in [0.2, 0.25) is 0 Å². The van der Waals surface area contributed by atoms with Crippen LogP contribution in [0.1, 0.15) is 30.9 Å². The molecule has 0 aliphatic carbocycles. The first-order chi connectivity index (χ1) is 8.56. The van der Waals surface area contributed by atoms with Crippen LogP contribution in [0.4, 0.5) is 0 Å². The van der Waals surface area contributed by atoms with E-state index in [1.54, 1.807) is 0 Å². The van der Waals surface area contributed by atoms with E-state index >= 15 is 0 Å². The zero-order valence-corrected chi connectivity index (χ0v) is 10.7. The van der Waals surface area contributed by atoms with Gasteiger partial charge >= 0.3 is 0 Å².